The van der Waals surface area contributed by atoms with Crippen LogP contribution in [0.25, 0.3) is 0 Å². The number of benzene rings is 2. The highest BCUT2D eigenvalue weighted by atomic mass is 32.2. The number of hydrogen-bond acceptors (Lipinski definition) is 7. The first-order valence-corrected chi connectivity index (χ1v) is 10.0. The van der Waals surface area contributed by atoms with E-state index < -0.39 is 27.8 Å². The van der Waals surface area contributed by atoms with E-state index in [4.69, 9.17) is 4.74 Å². The quantitative estimate of drug-likeness (QED) is 0.564. The molecule has 0 radical (unpaired) electrons. The van der Waals surface area contributed by atoms with Crippen LogP contribution >= 0.6 is 0 Å². The highest BCUT2D eigenvalue weighted by Gasteiger charge is 2.35. The first-order chi connectivity index (χ1) is 13.4. The van der Waals surface area contributed by atoms with Crippen molar-refractivity contribution < 1.29 is 27.5 Å². The number of ether oxygens (including phenoxy) is 2. The fourth-order valence-electron chi connectivity index (χ4n) is 3.14. The zero-order chi connectivity index (χ0) is 20.3. The maximum Gasteiger partial charge on any atom is 0.351 e. The lowest BCUT2D eigenvalue weighted by molar-refractivity contribution is -0.140. The maximum atomic E-state index is 13.0. The molecule has 2 aromatic rings. The molecule has 1 heterocycles. The van der Waals surface area contributed by atoms with Crippen molar-refractivity contribution in [2.45, 2.75) is 28.7 Å². The number of carbonyl (C=O) groups excluding carboxylic acids is 2. The molecule has 8 heteroatoms. The van der Waals surface area contributed by atoms with Crippen LogP contribution in [0.15, 0.2) is 63.3 Å². The molecule has 0 spiro atoms. The normalized spacial score (nSPS) is 15.3. The number of rotatable bonds is 5. The van der Waals surface area contributed by atoms with Gasteiger partial charge < -0.3 is 9.47 Å². The van der Waals surface area contributed by atoms with Crippen LogP contribution in [-0.2, 0) is 28.9 Å². The number of esters is 2. The number of sulfone groups is 1. The Labute approximate surface area is 162 Å². The average Bonchev–Trinajstić information content (AvgIpc) is 2.72. The Morgan fingerprint density at radius 3 is 1.93 bits per heavy atom. The molecule has 1 aliphatic heterocycles. The summed E-state index contributed by atoms with van der Waals surface area (Å²) in [6.45, 7) is 0. The lowest BCUT2D eigenvalue weighted by Gasteiger charge is -2.26. The number of carbonyl (C=O) groups is 2. The number of fused-ring (bicyclic) bond motifs is 2. The van der Waals surface area contributed by atoms with Crippen molar-refractivity contribution in [3.05, 3.63) is 59.7 Å². The fourth-order valence-corrected chi connectivity index (χ4v) is 4.88. The zero-order valence-electron chi connectivity index (χ0n) is 15.4. The highest BCUT2D eigenvalue weighted by Crippen LogP contribution is 2.42. The van der Waals surface area contributed by atoms with E-state index in [0.29, 0.717) is 11.1 Å². The lowest BCUT2D eigenvalue weighted by Crippen LogP contribution is -2.22. The van der Waals surface area contributed by atoms with Crippen LogP contribution in [0, 0.1) is 0 Å². The summed E-state index contributed by atoms with van der Waals surface area (Å²) in [5.74, 6) is -1.16. The van der Waals surface area contributed by atoms with Crippen molar-refractivity contribution in [1.82, 2.24) is 0 Å². The summed E-state index contributed by atoms with van der Waals surface area (Å²) < 4.78 is 35.4. The van der Waals surface area contributed by atoms with E-state index in [1.54, 1.807) is 36.4 Å². The van der Waals surface area contributed by atoms with E-state index in [-0.39, 0.29) is 28.3 Å². The van der Waals surface area contributed by atoms with Gasteiger partial charge in [-0.05, 0) is 12.1 Å². The van der Waals surface area contributed by atoms with Crippen LogP contribution in [0.5, 0.6) is 0 Å². The van der Waals surface area contributed by atoms with Crippen LogP contribution in [0.3, 0.4) is 0 Å². The summed E-state index contributed by atoms with van der Waals surface area (Å²) in [5, 5.41) is 0. The smallest absolute Gasteiger partial charge is 0.351 e. The van der Waals surface area contributed by atoms with Gasteiger partial charge in [0, 0.05) is 17.5 Å². The Bertz CT molecular complexity index is 1000. The predicted octanol–water partition coefficient (Wildman–Crippen LogP) is 2.49. The molecule has 0 unspecified atom stereocenters. The summed E-state index contributed by atoms with van der Waals surface area (Å²) >= 11 is 0. The van der Waals surface area contributed by atoms with Crippen molar-refractivity contribution in [3.8, 4) is 0 Å². The van der Waals surface area contributed by atoms with Gasteiger partial charge in [0.05, 0.1) is 30.4 Å². The molecular formula is C20H19NO6S. The number of nitrogens with zero attached hydrogens (tertiary/aromatic N) is 1. The van der Waals surface area contributed by atoms with E-state index in [1.807, 2.05) is 0 Å². The molecule has 1 aliphatic rings. The molecule has 0 aromatic heterocycles. The minimum atomic E-state index is -3.69. The first-order valence-electron chi connectivity index (χ1n) is 8.55. The second kappa shape index (κ2) is 7.93. The van der Waals surface area contributed by atoms with E-state index in [9.17, 15) is 18.0 Å². The van der Waals surface area contributed by atoms with Gasteiger partial charge in [0.15, 0.2) is 0 Å². The zero-order valence-corrected chi connectivity index (χ0v) is 16.2. The molecule has 0 saturated carbocycles. The average molecular weight is 401 g/mol. The third-order valence-corrected chi connectivity index (χ3v) is 6.41. The van der Waals surface area contributed by atoms with Crippen LogP contribution in [0.1, 0.15) is 30.0 Å². The molecule has 0 aliphatic carbocycles. The number of aliphatic imine (C=N–C) groups is 1. The van der Waals surface area contributed by atoms with E-state index in [0.717, 1.165) is 0 Å². The highest BCUT2D eigenvalue weighted by molar-refractivity contribution is 7.91. The predicted molar refractivity (Wildman–Crippen MR) is 101 cm³/mol. The Balaban J connectivity index is 2.16. The van der Waals surface area contributed by atoms with Crippen molar-refractivity contribution in [2.24, 2.45) is 4.99 Å². The third-order valence-electron chi connectivity index (χ3n) is 4.51. The fraction of sp³-hybridized carbons (Fsp3) is 0.250. The maximum absolute atomic E-state index is 13.0. The Morgan fingerprint density at radius 1 is 0.893 bits per heavy atom. The van der Waals surface area contributed by atoms with Gasteiger partial charge >= 0.3 is 11.9 Å². The minimum absolute atomic E-state index is 0.0208. The summed E-state index contributed by atoms with van der Waals surface area (Å²) in [7, 11) is -1.20. The molecule has 28 heavy (non-hydrogen) atoms. The molecule has 0 amide bonds. The summed E-state index contributed by atoms with van der Waals surface area (Å²) in [6, 6.07) is 12.4. The lowest BCUT2D eigenvalue weighted by atomic mass is 9.98. The second-order valence-electron chi connectivity index (χ2n) is 6.13. The first kappa shape index (κ1) is 19.8. The van der Waals surface area contributed by atoms with E-state index in [1.165, 1.54) is 26.4 Å². The van der Waals surface area contributed by atoms with Gasteiger partial charge in [-0.2, -0.15) is 0 Å². The molecule has 3 rings (SSSR count). The van der Waals surface area contributed by atoms with Gasteiger partial charge in [0.25, 0.3) is 0 Å². The molecular weight excluding hydrogens is 382 g/mol. The van der Waals surface area contributed by atoms with Gasteiger partial charge in [-0.25, -0.2) is 13.2 Å². The van der Waals surface area contributed by atoms with Crippen LogP contribution < -0.4 is 0 Å². The third kappa shape index (κ3) is 3.55. The molecule has 0 saturated heterocycles. The van der Waals surface area contributed by atoms with Crippen LogP contribution in [-0.4, -0.2) is 40.3 Å². The van der Waals surface area contributed by atoms with E-state index in [2.05, 4.69) is 9.73 Å². The molecule has 146 valence electrons. The van der Waals surface area contributed by atoms with Crippen molar-refractivity contribution in [2.75, 3.05) is 14.2 Å². The van der Waals surface area contributed by atoms with Gasteiger partial charge in [0.2, 0.25) is 9.84 Å². The van der Waals surface area contributed by atoms with Crippen molar-refractivity contribution in [3.63, 3.8) is 0 Å². The van der Waals surface area contributed by atoms with Crippen molar-refractivity contribution in [1.29, 1.82) is 0 Å². The largest absolute Gasteiger partial charge is 0.469 e. The molecule has 0 N–H and O–H groups in total. The molecule has 7 nitrogen and oxygen atoms in total. The monoisotopic (exact) mass is 401 g/mol. The molecule has 2 aromatic carbocycles. The SMILES string of the molecule is COC(=O)CCC(=NC1c2ccccc2S(=O)(=O)c2ccccc21)C(=O)OC. The van der Waals surface area contributed by atoms with Gasteiger partial charge in [-0.1, -0.05) is 36.4 Å². The van der Waals surface area contributed by atoms with Gasteiger partial charge in [-0.3, -0.25) is 9.79 Å². The Hall–Kier alpha value is -3.00. The summed E-state index contributed by atoms with van der Waals surface area (Å²) in [5.41, 5.74) is 0.989. The van der Waals surface area contributed by atoms with Gasteiger partial charge in [-0.15, -0.1) is 0 Å². The standard InChI is InChI=1S/C20H19NO6S/c1-26-18(22)12-11-15(20(23)27-2)21-19-13-7-3-5-9-16(13)28(24,25)17-10-6-4-8-14(17)19/h3-10,19H,11-12H2,1-2H3. The number of methoxy groups -OCH3 is 2. The van der Waals surface area contributed by atoms with Crippen LogP contribution in [0.4, 0.5) is 0 Å². The second-order valence-corrected chi connectivity index (χ2v) is 8.01. The summed E-state index contributed by atoms with van der Waals surface area (Å²) in [6.07, 6.45) is -0.0221. The molecule has 0 fully saturated rings. The molecule has 0 bridgehead atoms. The number of hydrogen-bond donors (Lipinski definition) is 0. The van der Waals surface area contributed by atoms with E-state index >= 15 is 0 Å². The molecule has 0 atom stereocenters. The summed E-state index contributed by atoms with van der Waals surface area (Å²) in [4.78, 5) is 28.5. The van der Waals surface area contributed by atoms with Gasteiger partial charge in [0.1, 0.15) is 11.8 Å². The Morgan fingerprint density at radius 2 is 1.43 bits per heavy atom. The minimum Gasteiger partial charge on any atom is -0.469 e. The Kier molecular flexibility index (Phi) is 5.60. The van der Waals surface area contributed by atoms with Crippen molar-refractivity contribution >= 4 is 27.5 Å². The van der Waals surface area contributed by atoms with Crippen LogP contribution in [0.2, 0.25) is 0 Å². The topological polar surface area (TPSA) is 99.1 Å².